The van der Waals surface area contributed by atoms with Crippen LogP contribution in [0.25, 0.3) is 0 Å². The quantitative estimate of drug-likeness (QED) is 0.812. The van der Waals surface area contributed by atoms with Gasteiger partial charge in [-0.2, -0.15) is 0 Å². The third kappa shape index (κ3) is 3.82. The number of pyridine rings is 1. The zero-order chi connectivity index (χ0) is 12.8. The van der Waals surface area contributed by atoms with Crippen molar-refractivity contribution in [1.29, 1.82) is 0 Å². The van der Waals surface area contributed by atoms with Gasteiger partial charge in [-0.25, -0.2) is 0 Å². The summed E-state index contributed by atoms with van der Waals surface area (Å²) in [6.07, 6.45) is 2.42. The van der Waals surface area contributed by atoms with Gasteiger partial charge in [-0.05, 0) is 37.4 Å². The molecule has 0 saturated heterocycles. The van der Waals surface area contributed by atoms with Gasteiger partial charge in [0.25, 0.3) is 5.91 Å². The Morgan fingerprint density at radius 2 is 2.24 bits per heavy atom. The number of rotatable bonds is 5. The summed E-state index contributed by atoms with van der Waals surface area (Å²) in [5.74, 6) is 0.252. The van der Waals surface area contributed by atoms with Crippen molar-refractivity contribution in [2.45, 2.75) is 33.2 Å². The second-order valence-electron chi connectivity index (χ2n) is 4.57. The SMILES string of the molecule is Cc1cccnc1C(=O)NC(CCN)C(C)C. The minimum Gasteiger partial charge on any atom is -0.348 e. The fraction of sp³-hybridized carbons (Fsp3) is 0.538. The number of nitrogens with zero attached hydrogens (tertiary/aromatic N) is 1. The molecule has 0 bridgehead atoms. The summed E-state index contributed by atoms with van der Waals surface area (Å²) in [7, 11) is 0. The van der Waals surface area contributed by atoms with Crippen molar-refractivity contribution in [3.05, 3.63) is 29.6 Å². The van der Waals surface area contributed by atoms with Crippen LogP contribution in [0, 0.1) is 12.8 Å². The summed E-state index contributed by atoms with van der Waals surface area (Å²) < 4.78 is 0. The third-order valence-corrected chi connectivity index (χ3v) is 2.82. The number of aryl methyl sites for hydroxylation is 1. The van der Waals surface area contributed by atoms with Crippen LogP contribution in [0.3, 0.4) is 0 Å². The van der Waals surface area contributed by atoms with Gasteiger partial charge >= 0.3 is 0 Å². The molecule has 0 aliphatic rings. The first kappa shape index (κ1) is 13.6. The smallest absolute Gasteiger partial charge is 0.270 e. The molecule has 0 aliphatic heterocycles. The summed E-state index contributed by atoms with van der Waals surface area (Å²) in [5.41, 5.74) is 6.93. The number of aromatic nitrogens is 1. The molecule has 1 rings (SSSR count). The summed E-state index contributed by atoms with van der Waals surface area (Å²) in [5, 5.41) is 2.99. The highest BCUT2D eigenvalue weighted by atomic mass is 16.1. The number of hydrogen-bond donors (Lipinski definition) is 2. The number of nitrogens with one attached hydrogen (secondary N) is 1. The van der Waals surface area contributed by atoms with E-state index in [1.165, 1.54) is 0 Å². The standard InChI is InChI=1S/C13H21N3O/c1-9(2)11(6-7-14)16-13(17)12-10(3)5-4-8-15-12/h4-5,8-9,11H,6-7,14H2,1-3H3,(H,16,17). The van der Waals surface area contributed by atoms with E-state index in [2.05, 4.69) is 24.1 Å². The van der Waals surface area contributed by atoms with E-state index >= 15 is 0 Å². The van der Waals surface area contributed by atoms with E-state index in [1.54, 1.807) is 6.20 Å². The van der Waals surface area contributed by atoms with E-state index in [0.29, 0.717) is 18.2 Å². The van der Waals surface area contributed by atoms with Crippen LogP contribution in [0.2, 0.25) is 0 Å². The first-order valence-corrected chi connectivity index (χ1v) is 5.98. The van der Waals surface area contributed by atoms with Crippen LogP contribution >= 0.6 is 0 Å². The Hall–Kier alpha value is -1.42. The molecule has 0 aliphatic carbocycles. The maximum absolute atomic E-state index is 12.0. The Morgan fingerprint density at radius 3 is 2.76 bits per heavy atom. The second kappa shape index (κ2) is 6.35. The van der Waals surface area contributed by atoms with Crippen LogP contribution in [0.5, 0.6) is 0 Å². The number of carbonyl (C=O) groups excluding carboxylic acids is 1. The van der Waals surface area contributed by atoms with Crippen molar-refractivity contribution in [3.8, 4) is 0 Å². The summed E-state index contributed by atoms with van der Waals surface area (Å²) in [6, 6.07) is 3.81. The highest BCUT2D eigenvalue weighted by molar-refractivity contribution is 5.93. The van der Waals surface area contributed by atoms with E-state index in [4.69, 9.17) is 5.73 Å². The molecular weight excluding hydrogens is 214 g/mol. The second-order valence-corrected chi connectivity index (χ2v) is 4.57. The van der Waals surface area contributed by atoms with Crippen molar-refractivity contribution in [1.82, 2.24) is 10.3 Å². The van der Waals surface area contributed by atoms with Gasteiger partial charge in [-0.15, -0.1) is 0 Å². The molecule has 4 heteroatoms. The molecule has 0 fully saturated rings. The van der Waals surface area contributed by atoms with Gasteiger partial charge in [0, 0.05) is 12.2 Å². The van der Waals surface area contributed by atoms with Crippen LogP contribution in [0.4, 0.5) is 0 Å². The lowest BCUT2D eigenvalue weighted by molar-refractivity contribution is 0.0918. The largest absolute Gasteiger partial charge is 0.348 e. The zero-order valence-corrected chi connectivity index (χ0v) is 10.7. The maximum Gasteiger partial charge on any atom is 0.270 e. The predicted octanol–water partition coefficient (Wildman–Crippen LogP) is 1.49. The number of amides is 1. The highest BCUT2D eigenvalue weighted by Gasteiger charge is 2.18. The molecule has 1 heterocycles. The van der Waals surface area contributed by atoms with E-state index in [1.807, 2.05) is 19.1 Å². The number of carbonyl (C=O) groups is 1. The van der Waals surface area contributed by atoms with Gasteiger partial charge in [0.2, 0.25) is 0 Å². The van der Waals surface area contributed by atoms with Crippen molar-refractivity contribution in [2.75, 3.05) is 6.54 Å². The summed E-state index contributed by atoms with van der Waals surface area (Å²) in [4.78, 5) is 16.1. The molecule has 1 unspecified atom stereocenters. The average molecular weight is 235 g/mol. The molecule has 17 heavy (non-hydrogen) atoms. The highest BCUT2D eigenvalue weighted by Crippen LogP contribution is 2.08. The van der Waals surface area contributed by atoms with Crippen LogP contribution in [-0.2, 0) is 0 Å². The van der Waals surface area contributed by atoms with Gasteiger partial charge in [-0.1, -0.05) is 19.9 Å². The van der Waals surface area contributed by atoms with Crippen molar-refractivity contribution in [2.24, 2.45) is 11.7 Å². The molecule has 0 spiro atoms. The first-order valence-electron chi connectivity index (χ1n) is 5.98. The Morgan fingerprint density at radius 1 is 1.53 bits per heavy atom. The van der Waals surface area contributed by atoms with Crippen molar-refractivity contribution < 1.29 is 4.79 Å². The third-order valence-electron chi connectivity index (χ3n) is 2.82. The van der Waals surface area contributed by atoms with Gasteiger partial charge in [0.1, 0.15) is 5.69 Å². The van der Waals surface area contributed by atoms with Gasteiger partial charge in [-0.3, -0.25) is 9.78 Å². The Kier molecular flexibility index (Phi) is 5.10. The summed E-state index contributed by atoms with van der Waals surface area (Å²) >= 11 is 0. The molecule has 1 atom stereocenters. The molecule has 94 valence electrons. The molecule has 0 saturated carbocycles. The normalized spacial score (nSPS) is 12.5. The molecule has 0 radical (unpaired) electrons. The fourth-order valence-corrected chi connectivity index (χ4v) is 1.71. The number of hydrogen-bond acceptors (Lipinski definition) is 3. The monoisotopic (exact) mass is 235 g/mol. The molecule has 3 N–H and O–H groups in total. The number of nitrogens with two attached hydrogens (primary N) is 1. The minimum absolute atomic E-state index is 0.105. The molecule has 1 amide bonds. The van der Waals surface area contributed by atoms with E-state index in [-0.39, 0.29) is 11.9 Å². The van der Waals surface area contributed by atoms with E-state index in [9.17, 15) is 4.79 Å². The van der Waals surface area contributed by atoms with Crippen LogP contribution in [0.1, 0.15) is 36.3 Å². The summed E-state index contributed by atoms with van der Waals surface area (Å²) in [6.45, 7) is 6.61. The lowest BCUT2D eigenvalue weighted by Crippen LogP contribution is -2.40. The van der Waals surface area contributed by atoms with Gasteiger partial charge in [0.05, 0.1) is 0 Å². The van der Waals surface area contributed by atoms with E-state index in [0.717, 1.165) is 12.0 Å². The molecular formula is C13H21N3O. The van der Waals surface area contributed by atoms with Crippen molar-refractivity contribution in [3.63, 3.8) is 0 Å². The molecule has 0 aromatic carbocycles. The van der Waals surface area contributed by atoms with Crippen LogP contribution in [-0.4, -0.2) is 23.5 Å². The van der Waals surface area contributed by atoms with Crippen LogP contribution < -0.4 is 11.1 Å². The van der Waals surface area contributed by atoms with Gasteiger partial charge in [0.15, 0.2) is 0 Å². The average Bonchev–Trinajstić information content (AvgIpc) is 2.28. The molecule has 1 aromatic heterocycles. The topological polar surface area (TPSA) is 68.0 Å². The fourth-order valence-electron chi connectivity index (χ4n) is 1.71. The van der Waals surface area contributed by atoms with E-state index < -0.39 is 0 Å². The molecule has 1 aromatic rings. The molecule has 4 nitrogen and oxygen atoms in total. The Balaban J connectivity index is 2.74. The lowest BCUT2D eigenvalue weighted by Gasteiger charge is -2.21. The van der Waals surface area contributed by atoms with Gasteiger partial charge < -0.3 is 11.1 Å². The maximum atomic E-state index is 12.0. The first-order chi connectivity index (χ1) is 8.06. The zero-order valence-electron chi connectivity index (χ0n) is 10.7. The van der Waals surface area contributed by atoms with Crippen molar-refractivity contribution >= 4 is 5.91 Å². The minimum atomic E-state index is -0.116. The Labute approximate surface area is 103 Å². The van der Waals surface area contributed by atoms with Crippen LogP contribution in [0.15, 0.2) is 18.3 Å². The Bertz CT molecular complexity index is 377. The lowest BCUT2D eigenvalue weighted by atomic mass is 10.0. The predicted molar refractivity (Wildman–Crippen MR) is 68.7 cm³/mol.